The van der Waals surface area contributed by atoms with Crippen molar-refractivity contribution in [1.82, 2.24) is 0 Å². The lowest BCUT2D eigenvalue weighted by Gasteiger charge is -2.57. The van der Waals surface area contributed by atoms with Crippen LogP contribution < -0.4 is 0 Å². The maximum atomic E-state index is 12.9. The fourth-order valence-electron chi connectivity index (χ4n) is 6.85. The van der Waals surface area contributed by atoms with E-state index in [-0.39, 0.29) is 12.0 Å². The Bertz CT molecular complexity index is 1130. The molecule has 40 heavy (non-hydrogen) atoms. The monoisotopic (exact) mass is 584 g/mol. The lowest BCUT2D eigenvalue weighted by Crippen LogP contribution is -2.73. The fraction of sp³-hybridized carbons (Fsp3) is 0.714. The molecule has 222 valence electrons. The van der Waals surface area contributed by atoms with Crippen LogP contribution in [0, 0.1) is 17.3 Å². The molecule has 2 aliphatic carbocycles. The molecule has 2 N–H and O–H groups in total. The van der Waals surface area contributed by atoms with Crippen LogP contribution in [-0.4, -0.2) is 87.3 Å². The van der Waals surface area contributed by atoms with Gasteiger partial charge in [-0.1, -0.05) is 26.5 Å². The van der Waals surface area contributed by atoms with Crippen molar-refractivity contribution in [3.8, 4) is 0 Å². The van der Waals surface area contributed by atoms with Crippen LogP contribution >= 0.6 is 11.6 Å². The van der Waals surface area contributed by atoms with Crippen LogP contribution in [0.25, 0.3) is 0 Å². The minimum absolute atomic E-state index is 0.102. The lowest BCUT2D eigenvalue weighted by molar-refractivity contribution is -0.258. The van der Waals surface area contributed by atoms with E-state index < -0.39 is 94.3 Å². The topological polar surface area (TPSA) is 158 Å². The number of ether oxygens (including phenoxy) is 5. The molecule has 1 saturated carbocycles. The second-order valence-corrected chi connectivity index (χ2v) is 12.1. The third-order valence-electron chi connectivity index (χ3n) is 8.83. The zero-order valence-electron chi connectivity index (χ0n) is 23.4. The molecule has 0 aromatic carbocycles. The van der Waals surface area contributed by atoms with Crippen molar-refractivity contribution in [1.29, 1.82) is 0 Å². The number of hydrogen-bond donors (Lipinski definition) is 2. The highest BCUT2D eigenvalue weighted by atomic mass is 35.5. The van der Waals surface area contributed by atoms with Gasteiger partial charge in [0.15, 0.2) is 17.8 Å². The first-order valence-electron chi connectivity index (χ1n) is 13.4. The van der Waals surface area contributed by atoms with Gasteiger partial charge < -0.3 is 33.9 Å². The Labute approximate surface area is 237 Å². The van der Waals surface area contributed by atoms with Gasteiger partial charge in [-0.25, -0.2) is 0 Å². The Morgan fingerprint density at radius 2 is 1.68 bits per heavy atom. The highest BCUT2D eigenvalue weighted by molar-refractivity contribution is 6.23. The minimum atomic E-state index is -2.29. The summed E-state index contributed by atoms with van der Waals surface area (Å²) in [5.74, 6) is -5.48. The molecule has 0 bridgehead atoms. The Balaban J connectivity index is 2.03. The number of fused-ring (bicyclic) bond motifs is 4. The zero-order chi connectivity index (χ0) is 29.9. The normalized spacial score (nSPS) is 46.6. The predicted octanol–water partition coefficient (Wildman–Crippen LogP) is 1.74. The standard InChI is InChI=1S/C28H37ClO11/c1-8-9-17(32)38-16-11-10-12(2)18(29)21-28(35,13(3)25(33)40-21)24(37-15(5)31)20-26(16,6)22-19(39-22)23(27(20,7)34)36-14(4)30/h10-11,13,16,18-24,34-35H,2,8-9H2,1,3-7H3/b11-10+/t13-,16-,18-,19+,20+,21-,22-,23+,24?,26+,27-,28-/m0/s1. The third-order valence-corrected chi connectivity index (χ3v) is 9.34. The van der Waals surface area contributed by atoms with E-state index in [1.165, 1.54) is 26.8 Å². The summed E-state index contributed by atoms with van der Waals surface area (Å²) in [4.78, 5) is 50.5. The maximum absolute atomic E-state index is 12.9. The number of carbonyl (C=O) groups is 4. The number of halogens is 1. The van der Waals surface area contributed by atoms with Gasteiger partial charge in [-0.05, 0) is 31.9 Å². The average Bonchev–Trinajstić information content (AvgIpc) is 3.62. The largest absolute Gasteiger partial charge is 0.459 e. The minimum Gasteiger partial charge on any atom is -0.459 e. The number of rotatable bonds is 5. The van der Waals surface area contributed by atoms with Crippen LogP contribution in [0.3, 0.4) is 0 Å². The summed E-state index contributed by atoms with van der Waals surface area (Å²) in [6, 6.07) is 0. The van der Waals surface area contributed by atoms with Crippen molar-refractivity contribution >= 4 is 35.5 Å². The van der Waals surface area contributed by atoms with Gasteiger partial charge in [-0.3, -0.25) is 19.2 Å². The van der Waals surface area contributed by atoms with Crippen LogP contribution in [0.15, 0.2) is 24.3 Å². The Morgan fingerprint density at radius 1 is 1.07 bits per heavy atom. The summed E-state index contributed by atoms with van der Waals surface area (Å²) in [5, 5.41) is 23.5. The van der Waals surface area contributed by atoms with Crippen LogP contribution in [0.1, 0.15) is 54.4 Å². The summed E-state index contributed by atoms with van der Waals surface area (Å²) in [6.45, 7) is 12.5. The summed E-state index contributed by atoms with van der Waals surface area (Å²) >= 11 is 6.72. The van der Waals surface area contributed by atoms with Crippen LogP contribution in [-0.2, 0) is 42.9 Å². The van der Waals surface area contributed by atoms with E-state index in [4.69, 9.17) is 35.3 Å². The van der Waals surface area contributed by atoms with Gasteiger partial charge in [0.1, 0.15) is 23.9 Å². The number of esters is 4. The van der Waals surface area contributed by atoms with E-state index in [1.807, 2.05) is 6.92 Å². The van der Waals surface area contributed by atoms with Crippen molar-refractivity contribution in [2.45, 2.75) is 108 Å². The van der Waals surface area contributed by atoms with Crippen molar-refractivity contribution in [2.24, 2.45) is 17.3 Å². The molecule has 4 rings (SSSR count). The van der Waals surface area contributed by atoms with Gasteiger partial charge in [-0.2, -0.15) is 0 Å². The SMILES string of the molecule is C=C1/C=C/[C@H](OC(=O)CCC)[C@@]2(C)[C@H]3O[C@H]3[C@@H](OC(C)=O)[C@@](C)(O)[C@@H]2C(OC(C)=O)[C@]2(O)[C@@H](C)C(=O)O[C@H]2[C@H]1Cl. The molecule has 4 aliphatic rings. The predicted molar refractivity (Wildman–Crippen MR) is 139 cm³/mol. The lowest BCUT2D eigenvalue weighted by atomic mass is 9.52. The quantitative estimate of drug-likeness (QED) is 0.210. The molecule has 0 radical (unpaired) electrons. The first kappa shape index (κ1) is 30.5. The van der Waals surface area contributed by atoms with Gasteiger partial charge in [0.05, 0.1) is 17.4 Å². The molecule has 3 fully saturated rings. The zero-order valence-corrected chi connectivity index (χ0v) is 24.2. The van der Waals surface area contributed by atoms with E-state index in [2.05, 4.69) is 6.58 Å². The molecule has 2 aliphatic heterocycles. The summed E-state index contributed by atoms with van der Waals surface area (Å²) < 4.78 is 28.8. The van der Waals surface area contributed by atoms with Crippen LogP contribution in [0.2, 0.25) is 0 Å². The third kappa shape index (κ3) is 4.64. The Kier molecular flexibility index (Phi) is 7.94. The highest BCUT2D eigenvalue weighted by Crippen LogP contribution is 2.63. The van der Waals surface area contributed by atoms with Crippen molar-refractivity contribution in [3.63, 3.8) is 0 Å². The summed E-state index contributed by atoms with van der Waals surface area (Å²) in [5.41, 5.74) is -5.50. The average molecular weight is 585 g/mol. The van der Waals surface area contributed by atoms with Gasteiger partial charge in [0.2, 0.25) is 0 Å². The maximum Gasteiger partial charge on any atom is 0.312 e. The molecule has 12 atom stereocenters. The molecule has 1 unspecified atom stereocenters. The molecule has 2 saturated heterocycles. The number of aliphatic hydroxyl groups is 2. The van der Waals surface area contributed by atoms with Crippen LogP contribution in [0.5, 0.6) is 0 Å². The molecular weight excluding hydrogens is 548 g/mol. The number of hydrogen-bond acceptors (Lipinski definition) is 11. The molecular formula is C28H37ClO11. The first-order chi connectivity index (χ1) is 18.5. The van der Waals surface area contributed by atoms with Crippen molar-refractivity contribution < 1.29 is 53.1 Å². The van der Waals surface area contributed by atoms with Gasteiger partial charge in [0.25, 0.3) is 0 Å². The van der Waals surface area contributed by atoms with Crippen molar-refractivity contribution in [2.75, 3.05) is 0 Å². The molecule has 0 aromatic heterocycles. The number of carbonyl (C=O) groups excluding carboxylic acids is 4. The summed E-state index contributed by atoms with van der Waals surface area (Å²) in [7, 11) is 0. The number of epoxide rings is 1. The molecule has 0 amide bonds. The molecule has 2 heterocycles. The molecule has 0 spiro atoms. The smallest absolute Gasteiger partial charge is 0.312 e. The van der Waals surface area contributed by atoms with E-state index in [0.717, 1.165) is 6.92 Å². The van der Waals surface area contributed by atoms with Crippen LogP contribution in [0.4, 0.5) is 0 Å². The second-order valence-electron chi connectivity index (χ2n) is 11.6. The van der Waals surface area contributed by atoms with E-state index in [0.29, 0.717) is 6.42 Å². The molecule has 12 heteroatoms. The van der Waals surface area contributed by atoms with Gasteiger partial charge >= 0.3 is 23.9 Å². The molecule has 11 nitrogen and oxygen atoms in total. The Hall–Kier alpha value is -2.47. The second kappa shape index (κ2) is 10.4. The first-order valence-corrected chi connectivity index (χ1v) is 13.8. The van der Waals surface area contributed by atoms with E-state index in [1.54, 1.807) is 13.0 Å². The van der Waals surface area contributed by atoms with E-state index >= 15 is 0 Å². The van der Waals surface area contributed by atoms with E-state index in [9.17, 15) is 29.4 Å². The highest BCUT2D eigenvalue weighted by Gasteiger charge is 2.79. The van der Waals surface area contributed by atoms with Crippen molar-refractivity contribution in [3.05, 3.63) is 24.3 Å². The summed E-state index contributed by atoms with van der Waals surface area (Å²) in [6.07, 6.45) is -3.37. The van der Waals surface area contributed by atoms with Gasteiger partial charge in [-0.15, -0.1) is 11.6 Å². The number of alkyl halides is 1. The molecule has 0 aromatic rings. The fourth-order valence-corrected chi connectivity index (χ4v) is 7.18. The Morgan fingerprint density at radius 3 is 2.25 bits per heavy atom. The van der Waals surface area contributed by atoms with Gasteiger partial charge in [0, 0.05) is 31.6 Å². The number of allylic oxidation sites excluding steroid dienone is 1.